The molecule has 6 nitrogen and oxygen atoms in total. The van der Waals surface area contributed by atoms with Gasteiger partial charge in [-0.25, -0.2) is 13.2 Å². The molecule has 0 saturated heterocycles. The van der Waals surface area contributed by atoms with Crippen molar-refractivity contribution in [2.24, 2.45) is 0 Å². The maximum atomic E-state index is 13.6. The van der Waals surface area contributed by atoms with Gasteiger partial charge in [0.1, 0.15) is 0 Å². The molecule has 0 aromatic heterocycles. The third-order valence-electron chi connectivity index (χ3n) is 4.03. The molecule has 0 radical (unpaired) electrons. The lowest BCUT2D eigenvalue weighted by Crippen LogP contribution is -2.35. The molecular formula is C19H17F3N2O4. The zero-order chi connectivity index (χ0) is 20.3. The van der Waals surface area contributed by atoms with Crippen LogP contribution in [0.5, 0.6) is 11.5 Å². The van der Waals surface area contributed by atoms with Crippen molar-refractivity contribution in [1.82, 2.24) is 4.90 Å². The van der Waals surface area contributed by atoms with E-state index in [0.29, 0.717) is 30.8 Å². The van der Waals surface area contributed by atoms with Gasteiger partial charge in [-0.05, 0) is 30.3 Å². The van der Waals surface area contributed by atoms with E-state index in [0.717, 1.165) is 17.4 Å². The molecule has 0 fully saturated rings. The highest BCUT2D eigenvalue weighted by Gasteiger charge is 2.20. The SMILES string of the molecule is CN(CC(=O)Nc1ccc(F)c(F)c1F)C(=O)c1ccc2c(c1)OCCCO2. The van der Waals surface area contributed by atoms with E-state index in [-0.39, 0.29) is 5.56 Å². The first-order valence-electron chi connectivity index (χ1n) is 8.45. The number of hydrogen-bond acceptors (Lipinski definition) is 4. The van der Waals surface area contributed by atoms with Crippen LogP contribution in [0.25, 0.3) is 0 Å². The Hall–Kier alpha value is -3.23. The largest absolute Gasteiger partial charge is 0.490 e. The second-order valence-corrected chi connectivity index (χ2v) is 6.14. The summed E-state index contributed by atoms with van der Waals surface area (Å²) in [6.07, 6.45) is 0.721. The van der Waals surface area contributed by atoms with Gasteiger partial charge >= 0.3 is 0 Å². The Morgan fingerprint density at radius 1 is 1.04 bits per heavy atom. The van der Waals surface area contributed by atoms with Crippen LogP contribution in [0.3, 0.4) is 0 Å². The number of ether oxygens (including phenoxy) is 2. The van der Waals surface area contributed by atoms with Gasteiger partial charge in [0.15, 0.2) is 29.0 Å². The lowest BCUT2D eigenvalue weighted by molar-refractivity contribution is -0.116. The van der Waals surface area contributed by atoms with E-state index in [9.17, 15) is 22.8 Å². The molecule has 2 aromatic carbocycles. The first-order valence-corrected chi connectivity index (χ1v) is 8.45. The molecule has 9 heteroatoms. The zero-order valence-corrected chi connectivity index (χ0v) is 14.9. The lowest BCUT2D eigenvalue weighted by Gasteiger charge is -2.18. The van der Waals surface area contributed by atoms with Gasteiger partial charge in [0, 0.05) is 19.0 Å². The molecule has 28 heavy (non-hydrogen) atoms. The molecule has 1 N–H and O–H groups in total. The predicted molar refractivity (Wildman–Crippen MR) is 94.0 cm³/mol. The maximum absolute atomic E-state index is 13.6. The molecule has 3 rings (SSSR count). The van der Waals surface area contributed by atoms with Gasteiger partial charge in [-0.2, -0.15) is 0 Å². The number of benzene rings is 2. The number of amides is 2. The van der Waals surface area contributed by atoms with Crippen molar-refractivity contribution < 1.29 is 32.2 Å². The van der Waals surface area contributed by atoms with Crippen molar-refractivity contribution in [1.29, 1.82) is 0 Å². The molecule has 1 aliphatic heterocycles. The molecule has 0 atom stereocenters. The summed E-state index contributed by atoms with van der Waals surface area (Å²) in [7, 11) is 1.38. The number of likely N-dealkylation sites (N-methyl/N-ethyl adjacent to an activating group) is 1. The number of anilines is 1. The third kappa shape index (κ3) is 4.19. The van der Waals surface area contributed by atoms with E-state index in [1.165, 1.54) is 13.1 Å². The average Bonchev–Trinajstić information content (AvgIpc) is 2.92. The van der Waals surface area contributed by atoms with Gasteiger partial charge < -0.3 is 19.7 Å². The van der Waals surface area contributed by atoms with E-state index in [1.807, 2.05) is 0 Å². The number of fused-ring (bicyclic) bond motifs is 1. The zero-order valence-electron chi connectivity index (χ0n) is 14.9. The van der Waals surface area contributed by atoms with Crippen LogP contribution < -0.4 is 14.8 Å². The average molecular weight is 394 g/mol. The summed E-state index contributed by atoms with van der Waals surface area (Å²) in [5, 5.41) is 2.11. The number of rotatable bonds is 4. The Morgan fingerprint density at radius 3 is 2.50 bits per heavy atom. The Morgan fingerprint density at radius 2 is 1.75 bits per heavy atom. The van der Waals surface area contributed by atoms with Crippen LogP contribution in [-0.2, 0) is 4.79 Å². The quantitative estimate of drug-likeness (QED) is 0.810. The van der Waals surface area contributed by atoms with E-state index < -0.39 is 41.5 Å². The molecule has 0 spiro atoms. The minimum Gasteiger partial charge on any atom is -0.490 e. The van der Waals surface area contributed by atoms with Crippen molar-refractivity contribution in [2.75, 3.05) is 32.1 Å². The van der Waals surface area contributed by atoms with Crippen molar-refractivity contribution >= 4 is 17.5 Å². The fourth-order valence-corrected chi connectivity index (χ4v) is 2.62. The number of halogens is 3. The van der Waals surface area contributed by atoms with Crippen LogP contribution in [0.1, 0.15) is 16.8 Å². The highest BCUT2D eigenvalue weighted by Crippen LogP contribution is 2.30. The Balaban J connectivity index is 1.66. The van der Waals surface area contributed by atoms with Crippen LogP contribution in [0.15, 0.2) is 30.3 Å². The lowest BCUT2D eigenvalue weighted by atomic mass is 10.1. The Bertz CT molecular complexity index is 920. The minimum absolute atomic E-state index is 0.276. The second-order valence-electron chi connectivity index (χ2n) is 6.14. The maximum Gasteiger partial charge on any atom is 0.254 e. The number of nitrogens with zero attached hydrogens (tertiary/aromatic N) is 1. The molecule has 0 saturated carbocycles. The number of hydrogen-bond donors (Lipinski definition) is 1. The molecular weight excluding hydrogens is 377 g/mol. The molecule has 1 aliphatic rings. The van der Waals surface area contributed by atoms with Gasteiger partial charge in [0.2, 0.25) is 5.91 Å². The monoisotopic (exact) mass is 394 g/mol. The van der Waals surface area contributed by atoms with E-state index in [1.54, 1.807) is 12.1 Å². The fourth-order valence-electron chi connectivity index (χ4n) is 2.62. The van der Waals surface area contributed by atoms with E-state index in [2.05, 4.69) is 5.32 Å². The van der Waals surface area contributed by atoms with Crippen LogP contribution in [-0.4, -0.2) is 43.5 Å². The van der Waals surface area contributed by atoms with Gasteiger partial charge in [-0.1, -0.05) is 0 Å². The Kier molecular flexibility index (Phi) is 5.72. The first-order chi connectivity index (χ1) is 13.4. The van der Waals surface area contributed by atoms with Gasteiger partial charge in [-0.15, -0.1) is 0 Å². The number of nitrogens with one attached hydrogen (secondary N) is 1. The van der Waals surface area contributed by atoms with Crippen molar-refractivity contribution in [3.05, 3.63) is 53.3 Å². The van der Waals surface area contributed by atoms with Crippen LogP contribution in [0, 0.1) is 17.5 Å². The second kappa shape index (κ2) is 8.20. The Labute approximate surface area is 158 Å². The summed E-state index contributed by atoms with van der Waals surface area (Å²) in [6, 6.07) is 6.27. The number of carbonyl (C=O) groups is 2. The van der Waals surface area contributed by atoms with E-state index in [4.69, 9.17) is 9.47 Å². The smallest absolute Gasteiger partial charge is 0.254 e. The van der Waals surface area contributed by atoms with Crippen molar-refractivity contribution in [3.63, 3.8) is 0 Å². The molecule has 2 amide bonds. The number of carbonyl (C=O) groups excluding carboxylic acids is 2. The van der Waals surface area contributed by atoms with Crippen LogP contribution in [0.4, 0.5) is 18.9 Å². The van der Waals surface area contributed by atoms with Crippen molar-refractivity contribution in [2.45, 2.75) is 6.42 Å². The predicted octanol–water partition coefficient (Wildman–Crippen LogP) is 2.98. The summed E-state index contributed by atoms with van der Waals surface area (Å²) in [5.41, 5.74) is -0.237. The summed E-state index contributed by atoms with van der Waals surface area (Å²) in [4.78, 5) is 25.7. The van der Waals surface area contributed by atoms with Gasteiger partial charge in [0.05, 0.1) is 25.4 Å². The summed E-state index contributed by atoms with van der Waals surface area (Å²) >= 11 is 0. The molecule has 0 bridgehead atoms. The minimum atomic E-state index is -1.69. The first kappa shape index (κ1) is 19.5. The standard InChI is InChI=1S/C19H17F3N2O4/c1-24(10-16(25)23-13-5-4-12(20)17(21)18(13)22)19(26)11-3-6-14-15(9-11)28-8-2-7-27-14/h3-6,9H,2,7-8,10H2,1H3,(H,23,25). The topological polar surface area (TPSA) is 67.9 Å². The van der Waals surface area contributed by atoms with Crippen LogP contribution in [0.2, 0.25) is 0 Å². The molecule has 2 aromatic rings. The molecule has 1 heterocycles. The van der Waals surface area contributed by atoms with Gasteiger partial charge in [-0.3, -0.25) is 9.59 Å². The normalized spacial score (nSPS) is 12.9. The van der Waals surface area contributed by atoms with Crippen LogP contribution >= 0.6 is 0 Å². The fraction of sp³-hybridized carbons (Fsp3) is 0.263. The van der Waals surface area contributed by atoms with Gasteiger partial charge in [0.25, 0.3) is 5.91 Å². The molecule has 0 unspecified atom stereocenters. The van der Waals surface area contributed by atoms with E-state index >= 15 is 0 Å². The summed E-state index contributed by atoms with van der Waals surface area (Å²) in [5.74, 6) is -4.84. The van der Waals surface area contributed by atoms with Crippen molar-refractivity contribution in [3.8, 4) is 11.5 Å². The molecule has 0 aliphatic carbocycles. The summed E-state index contributed by atoms with van der Waals surface area (Å²) in [6.45, 7) is 0.551. The highest BCUT2D eigenvalue weighted by atomic mass is 19.2. The third-order valence-corrected chi connectivity index (χ3v) is 4.03. The summed E-state index contributed by atoms with van der Waals surface area (Å²) < 4.78 is 50.8. The highest BCUT2D eigenvalue weighted by molar-refractivity contribution is 5.99. The molecule has 148 valence electrons.